The van der Waals surface area contributed by atoms with E-state index in [2.05, 4.69) is 44.5 Å². The summed E-state index contributed by atoms with van der Waals surface area (Å²) < 4.78 is 2.40. The molecule has 0 aromatic carbocycles. The van der Waals surface area contributed by atoms with E-state index in [-0.39, 0.29) is 11.5 Å². The van der Waals surface area contributed by atoms with Gasteiger partial charge in [-0.1, -0.05) is 33.6 Å². The van der Waals surface area contributed by atoms with Crippen LogP contribution in [0, 0.1) is 5.41 Å². The van der Waals surface area contributed by atoms with Crippen LogP contribution in [0.4, 0.5) is 0 Å². The van der Waals surface area contributed by atoms with Crippen LogP contribution in [0.5, 0.6) is 0 Å². The lowest BCUT2D eigenvalue weighted by atomic mass is 9.75. The molecular formula is C16H27NO. The quantitative estimate of drug-likeness (QED) is 0.848. The summed E-state index contributed by atoms with van der Waals surface area (Å²) in [6, 6.07) is 2.67. The van der Waals surface area contributed by atoms with Gasteiger partial charge >= 0.3 is 0 Å². The van der Waals surface area contributed by atoms with E-state index in [0.29, 0.717) is 6.04 Å². The Kier molecular flexibility index (Phi) is 3.86. The Morgan fingerprint density at radius 1 is 1.50 bits per heavy atom. The molecule has 1 aromatic heterocycles. The molecule has 1 aliphatic carbocycles. The van der Waals surface area contributed by atoms with Crippen LogP contribution in [0.25, 0.3) is 0 Å². The second-order valence-corrected chi connectivity index (χ2v) is 6.68. The first-order valence-corrected chi connectivity index (χ1v) is 7.32. The van der Waals surface area contributed by atoms with Crippen molar-refractivity contribution in [1.82, 2.24) is 4.57 Å². The molecule has 1 aliphatic rings. The van der Waals surface area contributed by atoms with E-state index >= 15 is 0 Å². The minimum absolute atomic E-state index is 0.215. The van der Waals surface area contributed by atoms with Crippen LogP contribution < -0.4 is 0 Å². The van der Waals surface area contributed by atoms with Crippen molar-refractivity contribution in [3.8, 4) is 0 Å². The number of hydrogen-bond acceptors (Lipinski definition) is 1. The topological polar surface area (TPSA) is 25.2 Å². The van der Waals surface area contributed by atoms with Gasteiger partial charge in [-0.05, 0) is 37.7 Å². The SMILES string of the molecule is CCCCC(C)n1ccc2c1CC(C)(C)CC2O. The minimum Gasteiger partial charge on any atom is -0.388 e. The van der Waals surface area contributed by atoms with Crippen molar-refractivity contribution in [3.63, 3.8) is 0 Å². The maximum atomic E-state index is 10.3. The van der Waals surface area contributed by atoms with Gasteiger partial charge in [0.05, 0.1) is 6.10 Å². The molecule has 18 heavy (non-hydrogen) atoms. The van der Waals surface area contributed by atoms with Gasteiger partial charge in [-0.25, -0.2) is 0 Å². The fraction of sp³-hybridized carbons (Fsp3) is 0.750. The third kappa shape index (κ3) is 2.64. The zero-order chi connectivity index (χ0) is 13.3. The van der Waals surface area contributed by atoms with E-state index in [1.165, 1.54) is 25.0 Å². The summed E-state index contributed by atoms with van der Waals surface area (Å²) in [7, 11) is 0. The van der Waals surface area contributed by atoms with Gasteiger partial charge < -0.3 is 9.67 Å². The van der Waals surface area contributed by atoms with E-state index in [4.69, 9.17) is 0 Å². The summed E-state index contributed by atoms with van der Waals surface area (Å²) in [5.41, 5.74) is 2.74. The fourth-order valence-corrected chi connectivity index (χ4v) is 3.20. The van der Waals surface area contributed by atoms with Gasteiger partial charge in [0.15, 0.2) is 0 Å². The highest BCUT2D eigenvalue weighted by atomic mass is 16.3. The smallest absolute Gasteiger partial charge is 0.0812 e. The lowest BCUT2D eigenvalue weighted by Gasteiger charge is -2.34. The Morgan fingerprint density at radius 3 is 2.89 bits per heavy atom. The van der Waals surface area contributed by atoms with E-state index in [1.807, 2.05) is 0 Å². The van der Waals surface area contributed by atoms with Crippen molar-refractivity contribution in [2.24, 2.45) is 5.41 Å². The van der Waals surface area contributed by atoms with Gasteiger partial charge in [0.2, 0.25) is 0 Å². The molecular weight excluding hydrogens is 222 g/mol. The van der Waals surface area contributed by atoms with Crippen molar-refractivity contribution in [3.05, 3.63) is 23.5 Å². The summed E-state index contributed by atoms with van der Waals surface area (Å²) in [5.74, 6) is 0. The highest BCUT2D eigenvalue weighted by Crippen LogP contribution is 2.42. The standard InChI is InChI=1S/C16H27NO/c1-5-6-7-12(2)17-9-8-13-14(17)10-16(3,4)11-15(13)18/h8-9,12,15,18H,5-7,10-11H2,1-4H3. The normalized spacial score (nSPS) is 23.7. The first-order chi connectivity index (χ1) is 8.44. The van der Waals surface area contributed by atoms with Gasteiger partial charge in [0, 0.05) is 23.5 Å². The number of hydrogen-bond donors (Lipinski definition) is 1. The number of unbranched alkanes of at least 4 members (excludes halogenated alkanes) is 1. The predicted octanol–water partition coefficient (Wildman–Crippen LogP) is 4.25. The third-order valence-electron chi connectivity index (χ3n) is 4.26. The molecule has 2 heteroatoms. The van der Waals surface area contributed by atoms with E-state index < -0.39 is 0 Å². The second kappa shape index (κ2) is 5.08. The number of rotatable bonds is 4. The molecule has 2 atom stereocenters. The maximum Gasteiger partial charge on any atom is 0.0812 e. The average Bonchev–Trinajstić information content (AvgIpc) is 2.68. The molecule has 0 bridgehead atoms. The van der Waals surface area contributed by atoms with Crippen LogP contribution in [0.3, 0.4) is 0 Å². The second-order valence-electron chi connectivity index (χ2n) is 6.68. The lowest BCUT2D eigenvalue weighted by Crippen LogP contribution is -2.27. The van der Waals surface area contributed by atoms with Gasteiger partial charge in [0.1, 0.15) is 0 Å². The molecule has 1 heterocycles. The molecule has 0 saturated heterocycles. The van der Waals surface area contributed by atoms with Crippen LogP contribution in [-0.4, -0.2) is 9.67 Å². The van der Waals surface area contributed by atoms with Gasteiger partial charge in [-0.15, -0.1) is 0 Å². The zero-order valence-electron chi connectivity index (χ0n) is 12.2. The maximum absolute atomic E-state index is 10.3. The van der Waals surface area contributed by atoms with Crippen LogP contribution in [0.1, 0.15) is 76.8 Å². The monoisotopic (exact) mass is 249 g/mol. The Bertz CT molecular complexity index is 405. The molecule has 102 valence electrons. The Hall–Kier alpha value is -0.760. The third-order valence-corrected chi connectivity index (χ3v) is 4.26. The Morgan fingerprint density at radius 2 is 2.22 bits per heavy atom. The summed E-state index contributed by atoms with van der Waals surface area (Å²) in [6.45, 7) is 9.05. The van der Waals surface area contributed by atoms with Crippen molar-refractivity contribution >= 4 is 0 Å². The van der Waals surface area contributed by atoms with Gasteiger partial charge in [-0.2, -0.15) is 0 Å². The van der Waals surface area contributed by atoms with Crippen molar-refractivity contribution < 1.29 is 5.11 Å². The van der Waals surface area contributed by atoms with Crippen LogP contribution in [0.15, 0.2) is 12.3 Å². The van der Waals surface area contributed by atoms with Crippen molar-refractivity contribution in [1.29, 1.82) is 0 Å². The first-order valence-electron chi connectivity index (χ1n) is 7.32. The van der Waals surface area contributed by atoms with Crippen molar-refractivity contribution in [2.75, 3.05) is 0 Å². The van der Waals surface area contributed by atoms with Crippen LogP contribution in [-0.2, 0) is 6.42 Å². The minimum atomic E-state index is -0.275. The summed E-state index contributed by atoms with van der Waals surface area (Å²) in [6.07, 6.45) is 7.63. The number of aliphatic hydroxyl groups is 1. The number of fused-ring (bicyclic) bond motifs is 1. The highest BCUT2D eigenvalue weighted by molar-refractivity contribution is 5.29. The highest BCUT2D eigenvalue weighted by Gasteiger charge is 2.33. The first kappa shape index (κ1) is 13.7. The molecule has 0 aliphatic heterocycles. The van der Waals surface area contributed by atoms with E-state index in [9.17, 15) is 5.11 Å². The van der Waals surface area contributed by atoms with Crippen LogP contribution >= 0.6 is 0 Å². The number of nitrogens with zero attached hydrogens (tertiary/aromatic N) is 1. The zero-order valence-corrected chi connectivity index (χ0v) is 12.2. The molecule has 1 aromatic rings. The fourth-order valence-electron chi connectivity index (χ4n) is 3.20. The van der Waals surface area contributed by atoms with E-state index in [0.717, 1.165) is 18.4 Å². The van der Waals surface area contributed by atoms with Gasteiger partial charge in [-0.3, -0.25) is 0 Å². The van der Waals surface area contributed by atoms with Gasteiger partial charge in [0.25, 0.3) is 0 Å². The number of aromatic nitrogens is 1. The van der Waals surface area contributed by atoms with Crippen molar-refractivity contribution in [2.45, 2.75) is 71.9 Å². The largest absolute Gasteiger partial charge is 0.388 e. The predicted molar refractivity (Wildman–Crippen MR) is 75.7 cm³/mol. The van der Waals surface area contributed by atoms with E-state index in [1.54, 1.807) is 0 Å². The molecule has 2 unspecified atom stereocenters. The molecule has 2 nitrogen and oxygen atoms in total. The van der Waals surface area contributed by atoms with Crippen LogP contribution in [0.2, 0.25) is 0 Å². The molecule has 0 spiro atoms. The molecule has 0 saturated carbocycles. The summed E-state index contributed by atoms with van der Waals surface area (Å²) in [5, 5.41) is 10.3. The molecule has 1 N–H and O–H groups in total. The lowest BCUT2D eigenvalue weighted by molar-refractivity contribution is 0.0974. The summed E-state index contributed by atoms with van der Waals surface area (Å²) >= 11 is 0. The summed E-state index contributed by atoms with van der Waals surface area (Å²) in [4.78, 5) is 0. The average molecular weight is 249 g/mol. The molecule has 0 amide bonds. The Labute approximate surface area is 111 Å². The molecule has 0 radical (unpaired) electrons. The number of aliphatic hydroxyl groups excluding tert-OH is 1. The molecule has 0 fully saturated rings. The Balaban J connectivity index is 2.25. The molecule has 2 rings (SSSR count).